The third kappa shape index (κ3) is 2.56. The average molecular weight is 181 g/mol. The van der Waals surface area contributed by atoms with Gasteiger partial charge < -0.3 is 5.32 Å². The first-order valence-corrected chi connectivity index (χ1v) is 4.89. The van der Waals surface area contributed by atoms with E-state index in [0.717, 1.165) is 12.2 Å². The van der Waals surface area contributed by atoms with Gasteiger partial charge in [-0.05, 0) is 32.9 Å². The standard InChI is InChI=1S/C10H19N3/c1-5-6-11-9(3)10-7-8(2)12-13(10)4/h7,9,11H,5-6H2,1-4H3. The molecule has 0 aliphatic heterocycles. The van der Waals surface area contributed by atoms with E-state index in [2.05, 4.69) is 30.3 Å². The molecule has 0 bridgehead atoms. The molecule has 0 saturated heterocycles. The molecule has 1 heterocycles. The van der Waals surface area contributed by atoms with Crippen molar-refractivity contribution in [2.45, 2.75) is 33.2 Å². The molecule has 0 aliphatic rings. The predicted octanol–water partition coefficient (Wildman–Crippen LogP) is 1.79. The van der Waals surface area contributed by atoms with Crippen LogP contribution in [0, 0.1) is 6.92 Å². The zero-order valence-corrected chi connectivity index (χ0v) is 8.96. The summed E-state index contributed by atoms with van der Waals surface area (Å²) in [4.78, 5) is 0. The van der Waals surface area contributed by atoms with Crippen LogP contribution in [0.3, 0.4) is 0 Å². The van der Waals surface area contributed by atoms with Crippen LogP contribution in [-0.4, -0.2) is 16.3 Å². The number of nitrogens with one attached hydrogen (secondary N) is 1. The molecule has 0 amide bonds. The molecule has 1 N–H and O–H groups in total. The lowest BCUT2D eigenvalue weighted by Crippen LogP contribution is -2.21. The minimum absolute atomic E-state index is 0.395. The van der Waals surface area contributed by atoms with E-state index in [1.807, 2.05) is 18.7 Å². The lowest BCUT2D eigenvalue weighted by atomic mass is 10.2. The van der Waals surface area contributed by atoms with Crippen molar-refractivity contribution in [3.63, 3.8) is 0 Å². The number of hydrogen-bond donors (Lipinski definition) is 1. The van der Waals surface area contributed by atoms with Crippen molar-refractivity contribution in [1.82, 2.24) is 15.1 Å². The van der Waals surface area contributed by atoms with Crippen LogP contribution in [0.2, 0.25) is 0 Å². The SMILES string of the molecule is CCCNC(C)c1cc(C)nn1C. The van der Waals surface area contributed by atoms with E-state index >= 15 is 0 Å². The van der Waals surface area contributed by atoms with Gasteiger partial charge in [-0.3, -0.25) is 4.68 Å². The zero-order chi connectivity index (χ0) is 9.84. The summed E-state index contributed by atoms with van der Waals surface area (Å²) in [6.45, 7) is 7.43. The van der Waals surface area contributed by atoms with Gasteiger partial charge in [0, 0.05) is 13.1 Å². The van der Waals surface area contributed by atoms with Gasteiger partial charge in [-0.15, -0.1) is 0 Å². The molecular formula is C10H19N3. The lowest BCUT2D eigenvalue weighted by molar-refractivity contribution is 0.528. The van der Waals surface area contributed by atoms with Crippen LogP contribution in [-0.2, 0) is 7.05 Å². The van der Waals surface area contributed by atoms with Crippen molar-refractivity contribution < 1.29 is 0 Å². The molecule has 1 unspecified atom stereocenters. The molecular weight excluding hydrogens is 162 g/mol. The van der Waals surface area contributed by atoms with Gasteiger partial charge in [0.15, 0.2) is 0 Å². The lowest BCUT2D eigenvalue weighted by Gasteiger charge is -2.12. The first-order chi connectivity index (χ1) is 6.15. The molecule has 1 rings (SSSR count). The first kappa shape index (κ1) is 10.3. The van der Waals surface area contributed by atoms with Crippen molar-refractivity contribution in [2.75, 3.05) is 6.54 Å². The van der Waals surface area contributed by atoms with Crippen LogP contribution >= 0.6 is 0 Å². The Morgan fingerprint density at radius 2 is 2.31 bits per heavy atom. The van der Waals surface area contributed by atoms with Crippen LogP contribution in [0.15, 0.2) is 6.07 Å². The maximum atomic E-state index is 4.32. The molecule has 1 aromatic heterocycles. The van der Waals surface area contributed by atoms with Gasteiger partial charge in [0.25, 0.3) is 0 Å². The molecule has 0 fully saturated rings. The second kappa shape index (κ2) is 4.42. The van der Waals surface area contributed by atoms with Crippen LogP contribution in [0.4, 0.5) is 0 Å². The first-order valence-electron chi connectivity index (χ1n) is 4.89. The van der Waals surface area contributed by atoms with Crippen LogP contribution in [0.5, 0.6) is 0 Å². The molecule has 0 aromatic carbocycles. The van der Waals surface area contributed by atoms with E-state index in [1.165, 1.54) is 12.1 Å². The van der Waals surface area contributed by atoms with Gasteiger partial charge in [-0.1, -0.05) is 6.92 Å². The maximum absolute atomic E-state index is 4.32. The van der Waals surface area contributed by atoms with Gasteiger partial charge in [-0.2, -0.15) is 5.10 Å². The summed E-state index contributed by atoms with van der Waals surface area (Å²) in [5.41, 5.74) is 2.34. The van der Waals surface area contributed by atoms with Crippen LogP contribution in [0.25, 0.3) is 0 Å². The molecule has 3 heteroatoms. The van der Waals surface area contributed by atoms with Crippen molar-refractivity contribution in [1.29, 1.82) is 0 Å². The third-order valence-corrected chi connectivity index (χ3v) is 2.18. The fourth-order valence-electron chi connectivity index (χ4n) is 1.50. The van der Waals surface area contributed by atoms with Crippen LogP contribution < -0.4 is 5.32 Å². The van der Waals surface area contributed by atoms with E-state index in [1.54, 1.807) is 0 Å². The van der Waals surface area contributed by atoms with Gasteiger partial charge >= 0.3 is 0 Å². The molecule has 74 valence electrons. The average Bonchev–Trinajstić information content (AvgIpc) is 2.41. The molecule has 3 nitrogen and oxygen atoms in total. The summed E-state index contributed by atoms with van der Waals surface area (Å²) in [6.07, 6.45) is 1.17. The quantitative estimate of drug-likeness (QED) is 0.767. The fourth-order valence-corrected chi connectivity index (χ4v) is 1.50. The maximum Gasteiger partial charge on any atom is 0.0597 e. The highest BCUT2D eigenvalue weighted by Crippen LogP contribution is 2.12. The minimum atomic E-state index is 0.395. The highest BCUT2D eigenvalue weighted by atomic mass is 15.3. The van der Waals surface area contributed by atoms with E-state index in [0.29, 0.717) is 6.04 Å². The van der Waals surface area contributed by atoms with E-state index < -0.39 is 0 Å². The molecule has 0 radical (unpaired) electrons. The van der Waals surface area contributed by atoms with Crippen molar-refractivity contribution in [3.8, 4) is 0 Å². The Kier molecular flexibility index (Phi) is 3.48. The summed E-state index contributed by atoms with van der Waals surface area (Å²) in [6, 6.07) is 2.53. The molecule has 1 atom stereocenters. The summed E-state index contributed by atoms with van der Waals surface area (Å²) in [7, 11) is 1.99. The second-order valence-electron chi connectivity index (χ2n) is 3.51. The largest absolute Gasteiger partial charge is 0.309 e. The summed E-state index contributed by atoms with van der Waals surface area (Å²) < 4.78 is 1.95. The smallest absolute Gasteiger partial charge is 0.0597 e. The fraction of sp³-hybridized carbons (Fsp3) is 0.700. The Balaban J connectivity index is 2.64. The molecule has 13 heavy (non-hydrogen) atoms. The van der Waals surface area contributed by atoms with Gasteiger partial charge in [0.2, 0.25) is 0 Å². The van der Waals surface area contributed by atoms with Crippen LogP contribution in [0.1, 0.15) is 37.7 Å². The van der Waals surface area contributed by atoms with E-state index in [4.69, 9.17) is 0 Å². The van der Waals surface area contributed by atoms with Gasteiger partial charge in [0.05, 0.1) is 11.4 Å². The van der Waals surface area contributed by atoms with E-state index in [9.17, 15) is 0 Å². The molecule has 0 aliphatic carbocycles. The summed E-state index contributed by atoms with van der Waals surface area (Å²) in [5, 5.41) is 7.76. The monoisotopic (exact) mass is 181 g/mol. The molecule has 0 spiro atoms. The van der Waals surface area contributed by atoms with Crippen molar-refractivity contribution >= 4 is 0 Å². The number of nitrogens with zero attached hydrogens (tertiary/aromatic N) is 2. The normalized spacial score (nSPS) is 13.2. The Bertz CT molecular complexity index is 265. The number of hydrogen-bond acceptors (Lipinski definition) is 2. The minimum Gasteiger partial charge on any atom is -0.309 e. The molecule has 0 saturated carbocycles. The Hall–Kier alpha value is -0.830. The predicted molar refractivity (Wildman–Crippen MR) is 54.7 cm³/mol. The van der Waals surface area contributed by atoms with Gasteiger partial charge in [-0.25, -0.2) is 0 Å². The van der Waals surface area contributed by atoms with Crippen molar-refractivity contribution in [2.24, 2.45) is 7.05 Å². The topological polar surface area (TPSA) is 29.9 Å². The number of aryl methyl sites for hydroxylation is 2. The highest BCUT2D eigenvalue weighted by Gasteiger charge is 2.09. The summed E-state index contributed by atoms with van der Waals surface area (Å²) in [5.74, 6) is 0. The Morgan fingerprint density at radius 3 is 2.77 bits per heavy atom. The highest BCUT2D eigenvalue weighted by molar-refractivity contribution is 5.12. The number of aromatic nitrogens is 2. The summed E-state index contributed by atoms with van der Waals surface area (Å²) >= 11 is 0. The van der Waals surface area contributed by atoms with Gasteiger partial charge in [0.1, 0.15) is 0 Å². The second-order valence-corrected chi connectivity index (χ2v) is 3.51. The molecule has 1 aromatic rings. The Labute approximate surface area is 80.1 Å². The van der Waals surface area contributed by atoms with Crippen molar-refractivity contribution in [3.05, 3.63) is 17.5 Å². The Morgan fingerprint density at radius 1 is 1.62 bits per heavy atom. The third-order valence-electron chi connectivity index (χ3n) is 2.18. The number of rotatable bonds is 4. The zero-order valence-electron chi connectivity index (χ0n) is 8.96. The van der Waals surface area contributed by atoms with E-state index in [-0.39, 0.29) is 0 Å².